The zero-order chi connectivity index (χ0) is 23.5. The van der Waals surface area contributed by atoms with Crippen LogP contribution in [0.1, 0.15) is 57.4 Å². The van der Waals surface area contributed by atoms with E-state index in [0.29, 0.717) is 11.3 Å². The van der Waals surface area contributed by atoms with Crippen molar-refractivity contribution in [1.82, 2.24) is 0 Å². The molecule has 2 amide bonds. The predicted molar refractivity (Wildman–Crippen MR) is 126 cm³/mol. The predicted octanol–water partition coefficient (Wildman–Crippen LogP) is 5.84. The minimum Gasteiger partial charge on any atom is -0.478 e. The third kappa shape index (κ3) is 5.34. The Morgan fingerprint density at radius 2 is 1.47 bits per heavy atom. The monoisotopic (exact) mass is 450 g/mol. The van der Waals surface area contributed by atoms with Gasteiger partial charge in [0.05, 0.1) is 21.8 Å². The Hall–Kier alpha value is -3.64. The van der Waals surface area contributed by atoms with Crippen molar-refractivity contribution >= 4 is 40.8 Å². The summed E-state index contributed by atoms with van der Waals surface area (Å²) >= 11 is 6.27. The summed E-state index contributed by atoms with van der Waals surface area (Å²) in [7, 11) is 0. The number of carboxylic acid groups (broad SMARTS) is 1. The lowest BCUT2D eigenvalue weighted by Gasteiger charge is -2.19. The fourth-order valence-corrected chi connectivity index (χ4v) is 3.36. The zero-order valence-corrected chi connectivity index (χ0v) is 18.7. The average Bonchev–Trinajstić information content (AvgIpc) is 2.73. The Bertz CT molecular complexity index is 1180. The fourth-order valence-electron chi connectivity index (χ4n) is 3.10. The topological polar surface area (TPSA) is 95.5 Å². The first-order valence-electron chi connectivity index (χ1n) is 9.91. The number of nitrogens with one attached hydrogen (secondary N) is 2. The van der Waals surface area contributed by atoms with Crippen molar-refractivity contribution in [2.24, 2.45) is 0 Å². The summed E-state index contributed by atoms with van der Waals surface area (Å²) in [6.45, 7) is 6.27. The van der Waals surface area contributed by atoms with Crippen molar-refractivity contribution in [3.63, 3.8) is 0 Å². The lowest BCUT2D eigenvalue weighted by atomic mass is 9.86. The smallest absolute Gasteiger partial charge is 0.335 e. The molecule has 3 aromatic carbocycles. The molecule has 0 spiro atoms. The minimum atomic E-state index is -1.11. The van der Waals surface area contributed by atoms with E-state index in [-0.39, 0.29) is 33.2 Å². The first kappa shape index (κ1) is 23.0. The Labute approximate surface area is 191 Å². The lowest BCUT2D eigenvalue weighted by Crippen LogP contribution is -2.19. The van der Waals surface area contributed by atoms with E-state index < -0.39 is 11.9 Å². The molecule has 0 saturated heterocycles. The highest BCUT2D eigenvalue weighted by Crippen LogP contribution is 2.27. The number of amides is 2. The van der Waals surface area contributed by atoms with E-state index in [4.69, 9.17) is 16.7 Å². The van der Waals surface area contributed by atoms with Gasteiger partial charge in [-0.15, -0.1) is 0 Å². The standard InChI is InChI=1S/C25H23ClN2O4/c1-25(2,3)17-12-10-15(11-13-17)22(29)28-20-9-5-8-19(26)21(20)23(30)27-18-7-4-6-16(14-18)24(31)32/h4-14H,1-3H3,(H,27,30)(H,28,29)(H,31,32). The van der Waals surface area contributed by atoms with E-state index in [2.05, 4.69) is 31.4 Å². The van der Waals surface area contributed by atoms with Gasteiger partial charge >= 0.3 is 5.97 Å². The third-order valence-corrected chi connectivity index (χ3v) is 5.18. The van der Waals surface area contributed by atoms with Gasteiger partial charge in [0, 0.05) is 11.3 Å². The highest BCUT2D eigenvalue weighted by molar-refractivity contribution is 6.35. The average molecular weight is 451 g/mol. The number of halogens is 1. The SMILES string of the molecule is CC(C)(C)c1ccc(C(=O)Nc2cccc(Cl)c2C(=O)Nc2cccc(C(=O)O)c2)cc1. The quantitative estimate of drug-likeness (QED) is 0.455. The van der Waals surface area contributed by atoms with Gasteiger partial charge in [-0.1, -0.05) is 56.6 Å². The number of benzene rings is 3. The number of carboxylic acids is 1. The number of anilines is 2. The Kier molecular flexibility index (Phi) is 6.65. The molecule has 3 N–H and O–H groups in total. The molecule has 0 atom stereocenters. The summed E-state index contributed by atoms with van der Waals surface area (Å²) in [5.41, 5.74) is 2.16. The third-order valence-electron chi connectivity index (χ3n) is 4.87. The van der Waals surface area contributed by atoms with Gasteiger partial charge in [0.15, 0.2) is 0 Å². The molecule has 164 valence electrons. The Morgan fingerprint density at radius 1 is 0.812 bits per heavy atom. The van der Waals surface area contributed by atoms with Crippen LogP contribution >= 0.6 is 11.6 Å². The molecular weight excluding hydrogens is 428 g/mol. The molecule has 0 fully saturated rings. The van der Waals surface area contributed by atoms with E-state index in [1.54, 1.807) is 30.3 Å². The molecular formula is C25H23ClN2O4. The summed E-state index contributed by atoms with van der Waals surface area (Å²) < 4.78 is 0. The zero-order valence-electron chi connectivity index (χ0n) is 17.9. The lowest BCUT2D eigenvalue weighted by molar-refractivity contribution is 0.0696. The van der Waals surface area contributed by atoms with Gasteiger partial charge in [0.1, 0.15) is 0 Å². The molecule has 3 aromatic rings. The van der Waals surface area contributed by atoms with Crippen molar-refractivity contribution in [3.8, 4) is 0 Å². The summed E-state index contributed by atoms with van der Waals surface area (Å²) in [6.07, 6.45) is 0. The van der Waals surface area contributed by atoms with Crippen molar-refractivity contribution in [3.05, 3.63) is 94.0 Å². The van der Waals surface area contributed by atoms with Gasteiger partial charge in [-0.05, 0) is 53.4 Å². The second-order valence-electron chi connectivity index (χ2n) is 8.28. The largest absolute Gasteiger partial charge is 0.478 e. The molecule has 3 rings (SSSR count). The maximum Gasteiger partial charge on any atom is 0.335 e. The van der Waals surface area contributed by atoms with Gasteiger partial charge < -0.3 is 15.7 Å². The second kappa shape index (κ2) is 9.24. The van der Waals surface area contributed by atoms with Crippen LogP contribution in [0, 0.1) is 0 Å². The number of carbonyl (C=O) groups excluding carboxylic acids is 2. The van der Waals surface area contributed by atoms with Crippen LogP contribution in [0.2, 0.25) is 5.02 Å². The van der Waals surface area contributed by atoms with Gasteiger partial charge in [-0.3, -0.25) is 9.59 Å². The number of carbonyl (C=O) groups is 3. The highest BCUT2D eigenvalue weighted by atomic mass is 35.5. The van der Waals surface area contributed by atoms with Gasteiger partial charge in [-0.25, -0.2) is 4.79 Å². The van der Waals surface area contributed by atoms with E-state index in [0.717, 1.165) is 5.56 Å². The fraction of sp³-hybridized carbons (Fsp3) is 0.160. The molecule has 0 unspecified atom stereocenters. The normalized spacial score (nSPS) is 11.0. The van der Waals surface area contributed by atoms with Crippen LogP contribution in [0.5, 0.6) is 0 Å². The van der Waals surface area contributed by atoms with E-state index in [9.17, 15) is 14.4 Å². The summed E-state index contributed by atoms with van der Waals surface area (Å²) in [4.78, 5) is 36.9. The Morgan fingerprint density at radius 3 is 2.09 bits per heavy atom. The van der Waals surface area contributed by atoms with E-state index >= 15 is 0 Å². The molecule has 32 heavy (non-hydrogen) atoms. The molecule has 0 aliphatic heterocycles. The van der Waals surface area contributed by atoms with Crippen LogP contribution in [0.3, 0.4) is 0 Å². The first-order valence-corrected chi connectivity index (χ1v) is 10.3. The number of rotatable bonds is 5. The van der Waals surface area contributed by atoms with Crippen molar-refractivity contribution in [2.45, 2.75) is 26.2 Å². The summed E-state index contributed by atoms with van der Waals surface area (Å²) in [5.74, 6) is -2.06. The van der Waals surface area contributed by atoms with Gasteiger partial charge in [-0.2, -0.15) is 0 Å². The summed E-state index contributed by atoms with van der Waals surface area (Å²) in [6, 6.07) is 17.9. The minimum absolute atomic E-state index is 0.0363. The van der Waals surface area contributed by atoms with Gasteiger partial charge in [0.2, 0.25) is 0 Å². The van der Waals surface area contributed by atoms with Crippen LogP contribution in [0.4, 0.5) is 11.4 Å². The van der Waals surface area contributed by atoms with Crippen molar-refractivity contribution in [1.29, 1.82) is 0 Å². The Balaban J connectivity index is 1.84. The number of aromatic carboxylic acids is 1. The number of hydrogen-bond donors (Lipinski definition) is 3. The van der Waals surface area contributed by atoms with Crippen LogP contribution in [0.25, 0.3) is 0 Å². The van der Waals surface area contributed by atoms with Gasteiger partial charge in [0.25, 0.3) is 11.8 Å². The first-order chi connectivity index (χ1) is 15.1. The molecule has 0 heterocycles. The highest BCUT2D eigenvalue weighted by Gasteiger charge is 2.19. The van der Waals surface area contributed by atoms with E-state index in [1.807, 2.05) is 12.1 Å². The molecule has 6 nitrogen and oxygen atoms in total. The van der Waals surface area contributed by atoms with Crippen LogP contribution in [0.15, 0.2) is 66.7 Å². The van der Waals surface area contributed by atoms with Crippen molar-refractivity contribution < 1.29 is 19.5 Å². The van der Waals surface area contributed by atoms with Crippen LogP contribution in [-0.2, 0) is 5.41 Å². The number of hydrogen-bond acceptors (Lipinski definition) is 3. The van der Waals surface area contributed by atoms with E-state index in [1.165, 1.54) is 24.3 Å². The molecule has 0 aliphatic rings. The molecule has 0 radical (unpaired) electrons. The van der Waals surface area contributed by atoms with Crippen LogP contribution < -0.4 is 10.6 Å². The maximum atomic E-state index is 12.9. The molecule has 7 heteroatoms. The van der Waals surface area contributed by atoms with Crippen molar-refractivity contribution in [2.75, 3.05) is 10.6 Å². The second-order valence-corrected chi connectivity index (χ2v) is 8.69. The summed E-state index contributed by atoms with van der Waals surface area (Å²) in [5, 5.41) is 14.7. The molecule has 0 saturated carbocycles. The maximum absolute atomic E-state index is 12.9. The van der Waals surface area contributed by atoms with Crippen LogP contribution in [-0.4, -0.2) is 22.9 Å². The molecule has 0 aliphatic carbocycles. The molecule has 0 aromatic heterocycles. The molecule has 0 bridgehead atoms.